The molecular weight excluding hydrogens is 256 g/mol. The van der Waals surface area contributed by atoms with Crippen molar-refractivity contribution in [2.45, 2.75) is 0 Å². The zero-order valence-electron chi connectivity index (χ0n) is 9.01. The molecular formula is C11H9ClN4S. The number of hydrogen-bond acceptors (Lipinski definition) is 4. The lowest BCUT2D eigenvalue weighted by Gasteiger charge is -1.94. The van der Waals surface area contributed by atoms with Crippen LogP contribution in [-0.4, -0.2) is 14.8 Å². The average molecular weight is 265 g/mol. The Morgan fingerprint density at radius 2 is 2.24 bits per heavy atom. The lowest BCUT2D eigenvalue weighted by molar-refractivity contribution is 0.779. The lowest BCUT2D eigenvalue weighted by Crippen LogP contribution is -1.97. The standard InChI is InChI=1S/C11H9ClN4S/c1-16-10(13)6(5-14-16)11-15-8-4-2-3-7(12)9(8)17-11/h2-5H,13H2,1H3. The van der Waals surface area contributed by atoms with Crippen LogP contribution < -0.4 is 5.73 Å². The molecule has 0 radical (unpaired) electrons. The van der Waals surface area contributed by atoms with Crippen LogP contribution in [0.4, 0.5) is 5.82 Å². The van der Waals surface area contributed by atoms with Crippen LogP contribution in [-0.2, 0) is 7.05 Å². The number of aryl methyl sites for hydroxylation is 1. The summed E-state index contributed by atoms with van der Waals surface area (Å²) in [6.07, 6.45) is 1.72. The van der Waals surface area contributed by atoms with Crippen LogP contribution in [0, 0.1) is 0 Å². The maximum Gasteiger partial charge on any atom is 0.131 e. The average Bonchev–Trinajstić information content (AvgIpc) is 2.85. The molecule has 2 aromatic heterocycles. The highest BCUT2D eigenvalue weighted by atomic mass is 35.5. The van der Waals surface area contributed by atoms with E-state index in [-0.39, 0.29) is 0 Å². The zero-order chi connectivity index (χ0) is 12.0. The Hall–Kier alpha value is -1.59. The zero-order valence-corrected chi connectivity index (χ0v) is 10.6. The van der Waals surface area contributed by atoms with Gasteiger partial charge < -0.3 is 5.73 Å². The third-order valence-corrected chi connectivity index (χ3v) is 4.15. The number of aromatic nitrogens is 3. The molecule has 1 aromatic carbocycles. The van der Waals surface area contributed by atoms with Gasteiger partial charge in [-0.3, -0.25) is 4.68 Å². The molecule has 0 saturated heterocycles. The first-order valence-corrected chi connectivity index (χ1v) is 6.19. The summed E-state index contributed by atoms with van der Waals surface area (Å²) in [6.45, 7) is 0. The van der Waals surface area contributed by atoms with Crippen LogP contribution >= 0.6 is 22.9 Å². The second kappa shape index (κ2) is 3.72. The molecule has 0 bridgehead atoms. The van der Waals surface area contributed by atoms with Crippen molar-refractivity contribution in [1.82, 2.24) is 14.8 Å². The molecule has 0 saturated carbocycles. The van der Waals surface area contributed by atoms with Crippen molar-refractivity contribution in [2.24, 2.45) is 7.05 Å². The number of anilines is 1. The smallest absolute Gasteiger partial charge is 0.131 e. The van der Waals surface area contributed by atoms with Crippen molar-refractivity contribution in [3.63, 3.8) is 0 Å². The van der Waals surface area contributed by atoms with Gasteiger partial charge in [0.05, 0.1) is 27.0 Å². The minimum atomic E-state index is 0.611. The Morgan fingerprint density at radius 3 is 2.88 bits per heavy atom. The third kappa shape index (κ3) is 1.59. The van der Waals surface area contributed by atoms with Gasteiger partial charge in [0.15, 0.2) is 0 Å². The molecule has 0 unspecified atom stereocenters. The molecule has 17 heavy (non-hydrogen) atoms. The minimum Gasteiger partial charge on any atom is -0.383 e. The molecule has 3 aromatic rings. The summed E-state index contributed by atoms with van der Waals surface area (Å²) in [7, 11) is 1.80. The van der Waals surface area contributed by atoms with Crippen LogP contribution in [0.3, 0.4) is 0 Å². The van der Waals surface area contributed by atoms with Gasteiger partial charge in [0.1, 0.15) is 10.8 Å². The van der Waals surface area contributed by atoms with E-state index in [0.29, 0.717) is 10.8 Å². The summed E-state index contributed by atoms with van der Waals surface area (Å²) in [5, 5.41) is 5.67. The van der Waals surface area contributed by atoms with Gasteiger partial charge in [-0.05, 0) is 12.1 Å². The fourth-order valence-electron chi connectivity index (χ4n) is 1.64. The van der Waals surface area contributed by atoms with Gasteiger partial charge >= 0.3 is 0 Å². The first-order chi connectivity index (χ1) is 8.16. The van der Waals surface area contributed by atoms with Gasteiger partial charge in [-0.1, -0.05) is 17.7 Å². The molecule has 0 aliphatic heterocycles. The first-order valence-electron chi connectivity index (χ1n) is 4.99. The van der Waals surface area contributed by atoms with Gasteiger partial charge in [-0.25, -0.2) is 4.98 Å². The molecule has 6 heteroatoms. The van der Waals surface area contributed by atoms with E-state index >= 15 is 0 Å². The van der Waals surface area contributed by atoms with E-state index in [1.165, 1.54) is 11.3 Å². The number of thiazole rings is 1. The van der Waals surface area contributed by atoms with Crippen LogP contribution in [0.2, 0.25) is 5.02 Å². The number of halogens is 1. The molecule has 0 spiro atoms. The Balaban J connectivity index is 2.25. The monoisotopic (exact) mass is 264 g/mol. The molecule has 3 rings (SSSR count). The topological polar surface area (TPSA) is 56.7 Å². The number of nitrogens with two attached hydrogens (primary N) is 1. The number of nitrogens with zero attached hydrogens (tertiary/aromatic N) is 3. The van der Waals surface area contributed by atoms with E-state index in [1.54, 1.807) is 17.9 Å². The van der Waals surface area contributed by atoms with E-state index in [1.807, 2.05) is 18.2 Å². The number of fused-ring (bicyclic) bond motifs is 1. The van der Waals surface area contributed by atoms with E-state index in [2.05, 4.69) is 10.1 Å². The highest BCUT2D eigenvalue weighted by molar-refractivity contribution is 7.22. The fraction of sp³-hybridized carbons (Fsp3) is 0.0909. The molecule has 4 nitrogen and oxygen atoms in total. The first kappa shape index (κ1) is 10.6. The minimum absolute atomic E-state index is 0.611. The summed E-state index contributed by atoms with van der Waals surface area (Å²) in [6, 6.07) is 5.69. The Labute approximate surface area is 107 Å². The molecule has 0 aliphatic carbocycles. The third-order valence-electron chi connectivity index (χ3n) is 2.58. The second-order valence-electron chi connectivity index (χ2n) is 3.67. The van der Waals surface area contributed by atoms with Crippen molar-refractivity contribution in [1.29, 1.82) is 0 Å². The fourth-order valence-corrected chi connectivity index (χ4v) is 2.92. The molecule has 2 heterocycles. The van der Waals surface area contributed by atoms with Gasteiger partial charge in [0, 0.05) is 7.05 Å². The summed E-state index contributed by atoms with van der Waals surface area (Å²) < 4.78 is 2.61. The number of benzene rings is 1. The molecule has 0 aliphatic rings. The Morgan fingerprint density at radius 1 is 1.41 bits per heavy atom. The molecule has 0 fully saturated rings. The summed E-state index contributed by atoms with van der Waals surface area (Å²) in [5.41, 5.74) is 7.67. The van der Waals surface area contributed by atoms with Crippen LogP contribution in [0.5, 0.6) is 0 Å². The number of rotatable bonds is 1. The second-order valence-corrected chi connectivity index (χ2v) is 5.08. The van der Waals surface area contributed by atoms with E-state index < -0.39 is 0 Å². The molecule has 0 atom stereocenters. The Bertz CT molecular complexity index is 701. The van der Waals surface area contributed by atoms with E-state index in [4.69, 9.17) is 17.3 Å². The van der Waals surface area contributed by atoms with Crippen LogP contribution in [0.25, 0.3) is 20.8 Å². The highest BCUT2D eigenvalue weighted by Gasteiger charge is 2.13. The predicted octanol–water partition coefficient (Wildman–Crippen LogP) is 2.93. The van der Waals surface area contributed by atoms with Gasteiger partial charge in [-0.15, -0.1) is 11.3 Å². The van der Waals surface area contributed by atoms with Gasteiger partial charge in [-0.2, -0.15) is 5.10 Å². The number of hydrogen-bond donors (Lipinski definition) is 1. The maximum atomic E-state index is 6.12. The van der Waals surface area contributed by atoms with Crippen molar-refractivity contribution in [3.05, 3.63) is 29.4 Å². The summed E-state index contributed by atoms with van der Waals surface area (Å²) >= 11 is 7.65. The van der Waals surface area contributed by atoms with Crippen molar-refractivity contribution in [2.75, 3.05) is 5.73 Å². The quantitative estimate of drug-likeness (QED) is 0.735. The maximum absolute atomic E-state index is 6.12. The SMILES string of the molecule is Cn1ncc(-c2nc3cccc(Cl)c3s2)c1N. The number of nitrogen functional groups attached to an aromatic ring is 1. The Kier molecular flexibility index (Phi) is 2.31. The molecule has 86 valence electrons. The lowest BCUT2D eigenvalue weighted by atomic mass is 10.3. The van der Waals surface area contributed by atoms with Gasteiger partial charge in [0.2, 0.25) is 0 Å². The van der Waals surface area contributed by atoms with Crippen molar-refractivity contribution in [3.8, 4) is 10.6 Å². The van der Waals surface area contributed by atoms with Crippen LogP contribution in [0.15, 0.2) is 24.4 Å². The normalized spacial score (nSPS) is 11.2. The van der Waals surface area contributed by atoms with Crippen molar-refractivity contribution >= 4 is 39.0 Å². The van der Waals surface area contributed by atoms with E-state index in [0.717, 1.165) is 20.8 Å². The van der Waals surface area contributed by atoms with Crippen molar-refractivity contribution < 1.29 is 0 Å². The highest BCUT2D eigenvalue weighted by Crippen LogP contribution is 2.36. The summed E-state index contributed by atoms with van der Waals surface area (Å²) in [5.74, 6) is 0.611. The van der Waals surface area contributed by atoms with Crippen LogP contribution in [0.1, 0.15) is 0 Å². The summed E-state index contributed by atoms with van der Waals surface area (Å²) in [4.78, 5) is 4.52. The predicted molar refractivity (Wildman–Crippen MR) is 71.2 cm³/mol. The van der Waals surface area contributed by atoms with E-state index in [9.17, 15) is 0 Å². The largest absolute Gasteiger partial charge is 0.383 e. The molecule has 2 N–H and O–H groups in total. The molecule has 0 amide bonds. The van der Waals surface area contributed by atoms with Gasteiger partial charge in [0.25, 0.3) is 0 Å².